The van der Waals surface area contributed by atoms with E-state index in [1.807, 2.05) is 6.07 Å². The van der Waals surface area contributed by atoms with Crippen molar-refractivity contribution in [2.24, 2.45) is 23.2 Å². The van der Waals surface area contributed by atoms with Crippen molar-refractivity contribution < 1.29 is 14.3 Å². The zero-order chi connectivity index (χ0) is 20.3. The van der Waals surface area contributed by atoms with Gasteiger partial charge in [0.15, 0.2) is 0 Å². The van der Waals surface area contributed by atoms with Crippen LogP contribution in [-0.2, 0) is 14.3 Å². The monoisotopic (exact) mass is 412 g/mol. The Bertz CT molecular complexity index is 808. The molecular formula is C23H32N4O3. The normalized spacial score (nSPS) is 43.2. The van der Waals surface area contributed by atoms with Crippen LogP contribution in [0.1, 0.15) is 39.0 Å². The van der Waals surface area contributed by atoms with Gasteiger partial charge in [-0.2, -0.15) is 0 Å². The molecule has 5 fully saturated rings. The predicted octanol–water partition coefficient (Wildman–Crippen LogP) is 2.13. The second-order valence-electron chi connectivity index (χ2n) is 10.4. The van der Waals surface area contributed by atoms with Crippen LogP contribution in [0.4, 0.5) is 5.95 Å². The lowest BCUT2D eigenvalue weighted by Gasteiger charge is -2.51. The van der Waals surface area contributed by atoms with Crippen LogP contribution in [0.5, 0.6) is 0 Å². The summed E-state index contributed by atoms with van der Waals surface area (Å²) in [7, 11) is 0. The topological polar surface area (TPSA) is 71.1 Å². The van der Waals surface area contributed by atoms with Crippen LogP contribution < -0.4 is 4.90 Å². The molecule has 0 aromatic carbocycles. The first-order chi connectivity index (χ1) is 14.6. The van der Waals surface area contributed by atoms with Crippen LogP contribution in [0, 0.1) is 23.2 Å². The van der Waals surface area contributed by atoms with Crippen molar-refractivity contribution in [1.29, 1.82) is 0 Å². The van der Waals surface area contributed by atoms with Gasteiger partial charge in [0.1, 0.15) is 6.10 Å². The van der Waals surface area contributed by atoms with Crippen molar-refractivity contribution in [1.82, 2.24) is 14.9 Å². The van der Waals surface area contributed by atoms with E-state index in [4.69, 9.17) is 9.47 Å². The van der Waals surface area contributed by atoms with Gasteiger partial charge in [0.05, 0.1) is 18.1 Å². The average molecular weight is 413 g/mol. The summed E-state index contributed by atoms with van der Waals surface area (Å²) in [5.41, 5.74) is 0.391. The van der Waals surface area contributed by atoms with Gasteiger partial charge in [-0.3, -0.25) is 9.69 Å². The molecule has 3 aliphatic heterocycles. The maximum atomic E-state index is 12.9. The lowest BCUT2D eigenvalue weighted by Crippen LogP contribution is -2.52. The first-order valence-electron chi connectivity index (χ1n) is 11.7. The van der Waals surface area contributed by atoms with Crippen molar-refractivity contribution in [3.05, 3.63) is 18.5 Å². The Labute approximate surface area is 178 Å². The number of nitrogens with zero attached hydrogens (tertiary/aromatic N) is 4. The summed E-state index contributed by atoms with van der Waals surface area (Å²) in [4.78, 5) is 26.3. The van der Waals surface area contributed by atoms with Crippen molar-refractivity contribution >= 4 is 11.9 Å². The third-order valence-electron chi connectivity index (χ3n) is 8.74. The van der Waals surface area contributed by atoms with Gasteiger partial charge in [-0.1, -0.05) is 6.92 Å². The number of anilines is 1. The standard InChI is InChI=1S/C23H32N4O3/c1-22-4-2-5-23(15-29-23)19(22)12-16-17(20(28)30-18(16)13-22)14-26-8-10-27(11-9-26)21-24-6-3-7-25-21/h3,6-7,16-19H,2,4-5,8-15H2,1H3/t16-,17+,18+,19-,22+,23+/m0/s1. The Hall–Kier alpha value is -1.73. The third kappa shape index (κ3) is 3.04. The second kappa shape index (κ2) is 6.89. The lowest BCUT2D eigenvalue weighted by molar-refractivity contribution is -0.147. The fourth-order valence-electron chi connectivity index (χ4n) is 7.03. The predicted molar refractivity (Wildman–Crippen MR) is 111 cm³/mol. The summed E-state index contributed by atoms with van der Waals surface area (Å²) in [6, 6.07) is 1.85. The zero-order valence-electron chi connectivity index (χ0n) is 17.8. The molecule has 1 aromatic heterocycles. The molecular weight excluding hydrogens is 380 g/mol. The first-order valence-corrected chi connectivity index (χ1v) is 11.7. The molecule has 0 amide bonds. The highest BCUT2D eigenvalue weighted by atomic mass is 16.6. The molecule has 6 rings (SSSR count). The number of hydrogen-bond donors (Lipinski definition) is 0. The largest absolute Gasteiger partial charge is 0.462 e. The van der Waals surface area contributed by atoms with Crippen LogP contribution in [0.25, 0.3) is 0 Å². The molecule has 162 valence electrons. The molecule has 0 N–H and O–H groups in total. The molecule has 1 spiro atoms. The molecule has 7 nitrogen and oxygen atoms in total. The van der Waals surface area contributed by atoms with Crippen molar-refractivity contribution in [2.45, 2.75) is 50.7 Å². The Morgan fingerprint density at radius 2 is 1.93 bits per heavy atom. The SMILES string of the molecule is C[C@]12CCC[C@@]3(CO3)[C@H]1C[C@@H]1[C@@H](C2)OC(=O)[C@@H]1CN1CCN(c2ncccn2)CC1. The molecule has 3 saturated heterocycles. The number of ether oxygens (including phenoxy) is 2. The van der Waals surface area contributed by atoms with Crippen LogP contribution >= 0.6 is 0 Å². The highest BCUT2D eigenvalue weighted by Crippen LogP contribution is 2.62. The van der Waals surface area contributed by atoms with E-state index in [0.29, 0.717) is 11.8 Å². The molecule has 30 heavy (non-hydrogen) atoms. The number of esters is 1. The van der Waals surface area contributed by atoms with E-state index in [-0.39, 0.29) is 29.0 Å². The maximum absolute atomic E-state index is 12.9. The van der Waals surface area contributed by atoms with Gasteiger partial charge >= 0.3 is 5.97 Å². The molecule has 5 aliphatic rings. The summed E-state index contributed by atoms with van der Waals surface area (Å²) in [6.07, 6.45) is 9.51. The lowest BCUT2D eigenvalue weighted by atomic mass is 9.53. The summed E-state index contributed by atoms with van der Waals surface area (Å²) >= 11 is 0. The van der Waals surface area contributed by atoms with E-state index in [0.717, 1.165) is 58.1 Å². The van der Waals surface area contributed by atoms with Gasteiger partial charge in [-0.05, 0) is 49.5 Å². The van der Waals surface area contributed by atoms with Crippen LogP contribution in [0.15, 0.2) is 18.5 Å². The highest BCUT2D eigenvalue weighted by molar-refractivity contribution is 5.75. The maximum Gasteiger partial charge on any atom is 0.310 e. The second-order valence-corrected chi connectivity index (χ2v) is 10.4. The molecule has 0 unspecified atom stereocenters. The van der Waals surface area contributed by atoms with E-state index >= 15 is 0 Å². The molecule has 2 aliphatic carbocycles. The van der Waals surface area contributed by atoms with E-state index in [9.17, 15) is 4.79 Å². The Morgan fingerprint density at radius 1 is 1.17 bits per heavy atom. The summed E-state index contributed by atoms with van der Waals surface area (Å²) in [5, 5.41) is 0. The number of epoxide rings is 1. The van der Waals surface area contributed by atoms with Crippen LogP contribution in [0.2, 0.25) is 0 Å². The number of aromatic nitrogens is 2. The Balaban J connectivity index is 1.12. The van der Waals surface area contributed by atoms with Gasteiger partial charge in [0.25, 0.3) is 0 Å². The van der Waals surface area contributed by atoms with E-state index < -0.39 is 0 Å². The smallest absolute Gasteiger partial charge is 0.310 e. The molecule has 4 heterocycles. The first kappa shape index (κ1) is 19.0. The van der Waals surface area contributed by atoms with Gasteiger partial charge in [0, 0.05) is 51.0 Å². The number of carbonyl (C=O) groups is 1. The molecule has 6 atom stereocenters. The van der Waals surface area contributed by atoms with Gasteiger partial charge in [0.2, 0.25) is 5.95 Å². The summed E-state index contributed by atoms with van der Waals surface area (Å²) in [5.74, 6) is 1.79. The Morgan fingerprint density at radius 3 is 2.67 bits per heavy atom. The number of rotatable bonds is 3. The van der Waals surface area contributed by atoms with E-state index in [1.165, 1.54) is 19.3 Å². The highest BCUT2D eigenvalue weighted by Gasteiger charge is 2.65. The number of carbonyl (C=O) groups excluding carboxylic acids is 1. The fourth-order valence-corrected chi connectivity index (χ4v) is 7.03. The average Bonchev–Trinajstić information content (AvgIpc) is 3.46. The summed E-state index contributed by atoms with van der Waals surface area (Å²) < 4.78 is 12.0. The number of fused-ring (bicyclic) bond motifs is 3. The van der Waals surface area contributed by atoms with Gasteiger partial charge in [-0.15, -0.1) is 0 Å². The minimum Gasteiger partial charge on any atom is -0.462 e. The van der Waals surface area contributed by atoms with Crippen LogP contribution in [-0.4, -0.2) is 71.9 Å². The van der Waals surface area contributed by atoms with Crippen molar-refractivity contribution in [3.63, 3.8) is 0 Å². The van der Waals surface area contributed by atoms with Crippen molar-refractivity contribution in [2.75, 3.05) is 44.2 Å². The molecule has 1 aromatic rings. The number of hydrogen-bond acceptors (Lipinski definition) is 7. The number of piperazine rings is 1. The minimum atomic E-state index is 0.0109. The molecule has 2 saturated carbocycles. The van der Waals surface area contributed by atoms with Crippen molar-refractivity contribution in [3.8, 4) is 0 Å². The van der Waals surface area contributed by atoms with E-state index in [1.54, 1.807) is 12.4 Å². The van der Waals surface area contributed by atoms with Gasteiger partial charge in [-0.25, -0.2) is 9.97 Å². The third-order valence-corrected chi connectivity index (χ3v) is 8.74. The summed E-state index contributed by atoms with van der Waals surface area (Å²) in [6.45, 7) is 7.84. The Kier molecular flexibility index (Phi) is 4.36. The van der Waals surface area contributed by atoms with E-state index in [2.05, 4.69) is 26.7 Å². The molecule has 0 radical (unpaired) electrons. The molecule has 7 heteroatoms. The fraction of sp³-hybridized carbons (Fsp3) is 0.783. The van der Waals surface area contributed by atoms with Gasteiger partial charge < -0.3 is 14.4 Å². The molecule has 0 bridgehead atoms. The zero-order valence-corrected chi connectivity index (χ0v) is 17.8. The van der Waals surface area contributed by atoms with Crippen LogP contribution in [0.3, 0.4) is 0 Å². The minimum absolute atomic E-state index is 0.0109. The quantitative estimate of drug-likeness (QED) is 0.556.